The van der Waals surface area contributed by atoms with Crippen LogP contribution in [0.2, 0.25) is 0 Å². The number of likely N-dealkylation sites (tertiary alicyclic amines) is 1. The fourth-order valence-electron chi connectivity index (χ4n) is 3.77. The van der Waals surface area contributed by atoms with Crippen molar-refractivity contribution < 1.29 is 9.47 Å². The van der Waals surface area contributed by atoms with Crippen molar-refractivity contribution in [3.63, 3.8) is 0 Å². The van der Waals surface area contributed by atoms with Gasteiger partial charge in [-0.2, -0.15) is 0 Å². The second kappa shape index (κ2) is 16.5. The summed E-state index contributed by atoms with van der Waals surface area (Å²) in [5.74, 6) is 1.80. The molecule has 1 aliphatic rings. The largest absolute Gasteiger partial charge is 0.497 e. The molecule has 7 nitrogen and oxygen atoms in total. The van der Waals surface area contributed by atoms with Gasteiger partial charge in [-0.3, -0.25) is 9.89 Å². The van der Waals surface area contributed by atoms with Crippen molar-refractivity contribution in [1.82, 2.24) is 20.4 Å². The number of halogens is 1. The zero-order chi connectivity index (χ0) is 21.6. The number of hydrogen-bond acceptors (Lipinski definition) is 5. The van der Waals surface area contributed by atoms with Crippen LogP contribution in [0.15, 0.2) is 29.3 Å². The van der Waals surface area contributed by atoms with Crippen LogP contribution in [0, 0.1) is 0 Å². The Morgan fingerprint density at radius 1 is 1.19 bits per heavy atom. The summed E-state index contributed by atoms with van der Waals surface area (Å²) in [6, 6.07) is 8.69. The van der Waals surface area contributed by atoms with Crippen molar-refractivity contribution in [2.24, 2.45) is 4.99 Å². The molecule has 178 valence electrons. The standard InChI is InChI=1S/C23H41N5O2.HI/c1-5-24-23(25-12-9-13-27(2)16-17-29-3)26-19-22(28-14-6-7-15-28)20-10-8-11-21(18-20)30-4;/h8,10-11,18,22H,5-7,9,12-17,19H2,1-4H3,(H2,24,25,26);1H. The summed E-state index contributed by atoms with van der Waals surface area (Å²) in [7, 11) is 5.60. The first kappa shape index (κ1) is 27.9. The van der Waals surface area contributed by atoms with Gasteiger partial charge in [0, 0.05) is 26.7 Å². The minimum atomic E-state index is 0. The molecule has 2 rings (SSSR count). The Morgan fingerprint density at radius 3 is 2.65 bits per heavy atom. The second-order valence-electron chi connectivity index (χ2n) is 7.83. The third kappa shape index (κ3) is 10.4. The minimum absolute atomic E-state index is 0. The Bertz CT molecular complexity index is 626. The van der Waals surface area contributed by atoms with Crippen LogP contribution in [0.4, 0.5) is 0 Å². The normalized spacial score (nSPS) is 15.6. The van der Waals surface area contributed by atoms with Crippen molar-refractivity contribution in [1.29, 1.82) is 0 Å². The molecule has 0 aromatic heterocycles. The highest BCUT2D eigenvalue weighted by Crippen LogP contribution is 2.27. The molecule has 1 fully saturated rings. The van der Waals surface area contributed by atoms with Gasteiger partial charge in [-0.05, 0) is 70.6 Å². The molecule has 0 aliphatic carbocycles. The molecule has 1 aromatic carbocycles. The highest BCUT2D eigenvalue weighted by molar-refractivity contribution is 14.0. The quantitative estimate of drug-likeness (QED) is 0.172. The van der Waals surface area contributed by atoms with Gasteiger partial charge in [-0.1, -0.05) is 12.1 Å². The van der Waals surface area contributed by atoms with Crippen molar-refractivity contribution in [3.8, 4) is 5.75 Å². The highest BCUT2D eigenvalue weighted by Gasteiger charge is 2.23. The first-order chi connectivity index (χ1) is 14.7. The van der Waals surface area contributed by atoms with Crippen LogP contribution in [0.25, 0.3) is 0 Å². The van der Waals surface area contributed by atoms with Crippen LogP contribution in [0.3, 0.4) is 0 Å². The Hall–Kier alpha value is -1.10. The van der Waals surface area contributed by atoms with E-state index in [1.165, 1.54) is 18.4 Å². The predicted octanol–water partition coefficient (Wildman–Crippen LogP) is 2.97. The number of methoxy groups -OCH3 is 2. The van der Waals surface area contributed by atoms with Crippen LogP contribution >= 0.6 is 24.0 Å². The molecule has 0 amide bonds. The van der Waals surface area contributed by atoms with E-state index in [0.29, 0.717) is 0 Å². The third-order valence-corrected chi connectivity index (χ3v) is 5.51. The Labute approximate surface area is 206 Å². The number of nitrogens with one attached hydrogen (secondary N) is 2. The lowest BCUT2D eigenvalue weighted by Crippen LogP contribution is -2.39. The van der Waals surface area contributed by atoms with Crippen LogP contribution in [0.1, 0.15) is 37.8 Å². The number of benzene rings is 1. The van der Waals surface area contributed by atoms with Crippen molar-refractivity contribution in [3.05, 3.63) is 29.8 Å². The molecule has 1 saturated heterocycles. The minimum Gasteiger partial charge on any atom is -0.497 e. The van der Waals surface area contributed by atoms with Crippen molar-refractivity contribution in [2.75, 3.05) is 73.7 Å². The summed E-state index contributed by atoms with van der Waals surface area (Å²) in [6.07, 6.45) is 3.59. The summed E-state index contributed by atoms with van der Waals surface area (Å²) >= 11 is 0. The summed E-state index contributed by atoms with van der Waals surface area (Å²) < 4.78 is 10.6. The fraction of sp³-hybridized carbons (Fsp3) is 0.696. The first-order valence-corrected chi connectivity index (χ1v) is 11.3. The maximum atomic E-state index is 5.45. The Morgan fingerprint density at radius 2 is 1.97 bits per heavy atom. The molecule has 0 radical (unpaired) electrons. The van der Waals surface area contributed by atoms with Gasteiger partial charge in [0.25, 0.3) is 0 Å². The summed E-state index contributed by atoms with van der Waals surface area (Å²) in [4.78, 5) is 9.78. The zero-order valence-electron chi connectivity index (χ0n) is 19.7. The number of aliphatic imine (C=N–C) groups is 1. The molecule has 0 saturated carbocycles. The summed E-state index contributed by atoms with van der Waals surface area (Å²) in [6.45, 7) is 9.63. The van der Waals surface area contributed by atoms with Crippen molar-refractivity contribution >= 4 is 29.9 Å². The fourth-order valence-corrected chi connectivity index (χ4v) is 3.77. The number of nitrogens with zero attached hydrogens (tertiary/aromatic N) is 3. The monoisotopic (exact) mass is 547 g/mol. The Kier molecular flexibility index (Phi) is 14.9. The van der Waals surface area contributed by atoms with E-state index in [4.69, 9.17) is 14.5 Å². The van der Waals surface area contributed by atoms with Gasteiger partial charge < -0.3 is 25.0 Å². The molecule has 8 heteroatoms. The average Bonchev–Trinajstić information content (AvgIpc) is 3.30. The molecule has 0 spiro atoms. The number of ether oxygens (including phenoxy) is 2. The van der Waals surface area contributed by atoms with Crippen LogP contribution in [0.5, 0.6) is 5.75 Å². The van der Waals surface area contributed by atoms with Gasteiger partial charge in [0.2, 0.25) is 0 Å². The molecule has 1 aliphatic heterocycles. The van der Waals surface area contributed by atoms with Gasteiger partial charge in [-0.25, -0.2) is 0 Å². The molecule has 1 heterocycles. The second-order valence-corrected chi connectivity index (χ2v) is 7.83. The van der Waals surface area contributed by atoms with Gasteiger partial charge >= 0.3 is 0 Å². The maximum absolute atomic E-state index is 5.45. The smallest absolute Gasteiger partial charge is 0.191 e. The SMILES string of the molecule is CCNC(=NCC(c1cccc(OC)c1)N1CCCC1)NCCCN(C)CCOC.I. The topological polar surface area (TPSA) is 61.4 Å². The van der Waals surface area contributed by atoms with E-state index in [1.807, 2.05) is 6.07 Å². The number of hydrogen-bond donors (Lipinski definition) is 2. The van der Waals surface area contributed by atoms with E-state index in [2.05, 4.69) is 52.6 Å². The maximum Gasteiger partial charge on any atom is 0.191 e. The average molecular weight is 548 g/mol. The van der Waals surface area contributed by atoms with E-state index in [9.17, 15) is 0 Å². The molecule has 1 aromatic rings. The molecule has 31 heavy (non-hydrogen) atoms. The highest BCUT2D eigenvalue weighted by atomic mass is 127. The Balaban J connectivity index is 0.00000480. The van der Waals surface area contributed by atoms with E-state index in [1.54, 1.807) is 14.2 Å². The van der Waals surface area contributed by atoms with Gasteiger partial charge in [0.15, 0.2) is 5.96 Å². The van der Waals surface area contributed by atoms with Crippen LogP contribution in [-0.2, 0) is 4.74 Å². The molecule has 1 unspecified atom stereocenters. The molecular formula is C23H42IN5O2. The summed E-state index contributed by atoms with van der Waals surface area (Å²) in [5, 5.41) is 6.88. The summed E-state index contributed by atoms with van der Waals surface area (Å²) in [5.41, 5.74) is 1.27. The number of likely N-dealkylation sites (N-methyl/N-ethyl adjacent to an activating group) is 1. The lowest BCUT2D eigenvalue weighted by atomic mass is 10.1. The lowest BCUT2D eigenvalue weighted by Gasteiger charge is -2.27. The van der Waals surface area contributed by atoms with Gasteiger partial charge in [-0.15, -0.1) is 24.0 Å². The third-order valence-electron chi connectivity index (χ3n) is 5.51. The van der Waals surface area contributed by atoms with E-state index >= 15 is 0 Å². The van der Waals surface area contributed by atoms with Gasteiger partial charge in [0.1, 0.15) is 5.75 Å². The molecule has 2 N–H and O–H groups in total. The van der Waals surface area contributed by atoms with Crippen LogP contribution < -0.4 is 15.4 Å². The molecule has 0 bridgehead atoms. The number of rotatable bonds is 13. The predicted molar refractivity (Wildman–Crippen MR) is 140 cm³/mol. The van der Waals surface area contributed by atoms with Crippen molar-refractivity contribution in [2.45, 2.75) is 32.2 Å². The van der Waals surface area contributed by atoms with Gasteiger partial charge in [0.05, 0.1) is 26.3 Å². The van der Waals surface area contributed by atoms with Crippen LogP contribution in [-0.4, -0.2) is 89.4 Å². The van der Waals surface area contributed by atoms with E-state index in [-0.39, 0.29) is 30.0 Å². The lowest BCUT2D eigenvalue weighted by molar-refractivity contribution is 0.161. The van der Waals surface area contributed by atoms with E-state index < -0.39 is 0 Å². The molecule has 1 atom stereocenters. The molecular weight excluding hydrogens is 505 g/mol. The number of guanidine groups is 1. The van der Waals surface area contributed by atoms with E-state index in [0.717, 1.165) is 70.6 Å². The first-order valence-electron chi connectivity index (χ1n) is 11.3. The zero-order valence-corrected chi connectivity index (χ0v) is 22.1.